The van der Waals surface area contributed by atoms with Crippen LogP contribution in [0.3, 0.4) is 0 Å². The number of carbonyl (C=O) groups is 2. The molecule has 1 N–H and O–H groups in total. The highest BCUT2D eigenvalue weighted by Crippen LogP contribution is 2.50. The molecule has 5 atom stereocenters. The van der Waals surface area contributed by atoms with Crippen LogP contribution >= 0.6 is 7.82 Å². The zero-order valence-electron chi connectivity index (χ0n) is 17.5. The van der Waals surface area contributed by atoms with Crippen LogP contribution in [0.1, 0.15) is 45.8 Å². The minimum Gasteiger partial charge on any atom is -0.756 e. The maximum Gasteiger partial charge on any atom is 0.306 e. The zero-order chi connectivity index (χ0) is 22.9. The lowest BCUT2D eigenvalue weighted by molar-refractivity contribution is -0.246. The molecule has 2 fully saturated rings. The lowest BCUT2D eigenvalue weighted by Crippen LogP contribution is -2.43. The molecule has 0 saturated carbocycles. The maximum absolute atomic E-state index is 12.2. The van der Waals surface area contributed by atoms with E-state index in [0.29, 0.717) is 30.4 Å². The number of aromatic nitrogens is 4. The van der Waals surface area contributed by atoms with E-state index in [2.05, 4.69) is 20.3 Å². The number of nitrogens with one attached hydrogen (secondary N) is 1. The number of anilines is 1. The standard InChI is InChI=1S/C18H24N5O8P/c1-3-5-11(24)22-16-13-17(20-8-19-16)23(9-21-13)18-15(30-12(25)6-4-2)14-10(29-18)7-28-32(26,27)31-14/h8-10,14-15,18H,3-7H2,1-2H3,(H,26,27)(H,19,20,22,24)/p-1. The van der Waals surface area contributed by atoms with Crippen molar-refractivity contribution in [3.63, 3.8) is 0 Å². The number of ether oxygens (including phenoxy) is 2. The van der Waals surface area contributed by atoms with Crippen molar-refractivity contribution in [2.75, 3.05) is 11.9 Å². The van der Waals surface area contributed by atoms with Crippen molar-refractivity contribution in [3.05, 3.63) is 12.7 Å². The summed E-state index contributed by atoms with van der Waals surface area (Å²) in [6.45, 7) is 3.43. The van der Waals surface area contributed by atoms with Gasteiger partial charge in [0.2, 0.25) is 5.91 Å². The molecule has 0 radical (unpaired) electrons. The average Bonchev–Trinajstić information content (AvgIpc) is 3.30. The second kappa shape index (κ2) is 9.20. The number of phosphoric ester groups is 1. The van der Waals surface area contributed by atoms with E-state index in [0.717, 1.165) is 0 Å². The van der Waals surface area contributed by atoms with Crippen LogP contribution in [0.15, 0.2) is 12.7 Å². The van der Waals surface area contributed by atoms with Gasteiger partial charge in [0.1, 0.15) is 18.5 Å². The number of fused-ring (bicyclic) bond motifs is 2. The molecule has 0 bridgehead atoms. The van der Waals surface area contributed by atoms with Gasteiger partial charge in [0.05, 0.1) is 12.9 Å². The number of hydrogen-bond donors (Lipinski definition) is 1. The molecule has 2 aromatic rings. The SMILES string of the molecule is CCCC(=O)Nc1ncnc2c1ncn2C1OC2COP(=O)([O-])OC2C1OC(=O)CCC. The van der Waals surface area contributed by atoms with Gasteiger partial charge in [-0.3, -0.25) is 18.7 Å². The van der Waals surface area contributed by atoms with Gasteiger partial charge in [-0.25, -0.2) is 15.0 Å². The van der Waals surface area contributed by atoms with Crippen molar-refractivity contribution in [2.45, 2.75) is 64.1 Å². The van der Waals surface area contributed by atoms with Crippen LogP contribution in [0.5, 0.6) is 0 Å². The fraction of sp³-hybridized carbons (Fsp3) is 0.611. The number of esters is 1. The highest BCUT2D eigenvalue weighted by atomic mass is 31.2. The van der Waals surface area contributed by atoms with Gasteiger partial charge in [-0.05, 0) is 12.8 Å². The van der Waals surface area contributed by atoms with Crippen molar-refractivity contribution in [1.29, 1.82) is 0 Å². The predicted molar refractivity (Wildman–Crippen MR) is 106 cm³/mol. The van der Waals surface area contributed by atoms with Gasteiger partial charge in [-0.1, -0.05) is 13.8 Å². The van der Waals surface area contributed by atoms with Gasteiger partial charge >= 0.3 is 5.97 Å². The van der Waals surface area contributed by atoms with Crippen LogP contribution in [0, 0.1) is 0 Å². The van der Waals surface area contributed by atoms with Crippen LogP contribution in [-0.2, 0) is 32.7 Å². The summed E-state index contributed by atoms with van der Waals surface area (Å²) >= 11 is 0. The van der Waals surface area contributed by atoms with Gasteiger partial charge in [-0.2, -0.15) is 0 Å². The lowest BCUT2D eigenvalue weighted by atomic mass is 10.1. The predicted octanol–water partition coefficient (Wildman–Crippen LogP) is 1.06. The van der Waals surface area contributed by atoms with E-state index in [4.69, 9.17) is 18.5 Å². The second-order valence-electron chi connectivity index (χ2n) is 7.43. The summed E-state index contributed by atoms with van der Waals surface area (Å²) in [4.78, 5) is 48.7. The minimum absolute atomic E-state index is 0.145. The lowest BCUT2D eigenvalue weighted by Gasteiger charge is -2.35. The Balaban J connectivity index is 1.68. The van der Waals surface area contributed by atoms with Crippen molar-refractivity contribution < 1.29 is 37.6 Å². The Morgan fingerprint density at radius 3 is 2.81 bits per heavy atom. The normalized spacial score (nSPS) is 29.6. The highest BCUT2D eigenvalue weighted by molar-refractivity contribution is 7.45. The van der Waals surface area contributed by atoms with Gasteiger partial charge in [-0.15, -0.1) is 0 Å². The first-order valence-electron chi connectivity index (χ1n) is 10.3. The summed E-state index contributed by atoms with van der Waals surface area (Å²) in [6, 6.07) is 0. The summed E-state index contributed by atoms with van der Waals surface area (Å²) in [6.07, 6.45) is 0.404. The second-order valence-corrected chi connectivity index (χ2v) is 8.79. The molecule has 14 heteroatoms. The van der Waals surface area contributed by atoms with E-state index in [1.165, 1.54) is 17.2 Å². The summed E-state index contributed by atoms with van der Waals surface area (Å²) in [5, 5.41) is 2.70. The molecule has 174 valence electrons. The molecule has 32 heavy (non-hydrogen) atoms. The summed E-state index contributed by atoms with van der Waals surface area (Å²) < 4.78 is 34.7. The molecule has 0 aromatic carbocycles. The molecule has 5 unspecified atom stereocenters. The molecule has 0 spiro atoms. The molecule has 1 amide bonds. The number of imidazole rings is 1. The molecule has 2 aliphatic heterocycles. The fourth-order valence-electron chi connectivity index (χ4n) is 3.63. The topological polar surface area (TPSA) is 167 Å². The van der Waals surface area contributed by atoms with Crippen LogP contribution in [-0.4, -0.2) is 56.3 Å². The Bertz CT molecular complexity index is 1060. The number of amides is 1. The summed E-state index contributed by atoms with van der Waals surface area (Å²) in [5.74, 6) is -0.506. The Hall–Kier alpha value is -2.44. The summed E-state index contributed by atoms with van der Waals surface area (Å²) in [7, 11) is -4.55. The van der Waals surface area contributed by atoms with Crippen molar-refractivity contribution in [1.82, 2.24) is 19.5 Å². The largest absolute Gasteiger partial charge is 0.756 e. The summed E-state index contributed by atoms with van der Waals surface area (Å²) in [5.41, 5.74) is 0.610. The molecule has 2 aliphatic rings. The van der Waals surface area contributed by atoms with Crippen molar-refractivity contribution in [3.8, 4) is 0 Å². The van der Waals surface area contributed by atoms with E-state index >= 15 is 0 Å². The maximum atomic E-state index is 12.2. The first-order valence-corrected chi connectivity index (χ1v) is 11.7. The molecule has 4 heterocycles. The molecular weight excluding hydrogens is 445 g/mol. The average molecular weight is 468 g/mol. The Morgan fingerprint density at radius 1 is 1.28 bits per heavy atom. The first kappa shape index (κ1) is 22.7. The zero-order valence-corrected chi connectivity index (χ0v) is 18.4. The van der Waals surface area contributed by atoms with E-state index in [9.17, 15) is 19.0 Å². The van der Waals surface area contributed by atoms with Gasteiger partial charge < -0.3 is 28.7 Å². The third-order valence-electron chi connectivity index (χ3n) is 5.02. The molecule has 0 aliphatic carbocycles. The van der Waals surface area contributed by atoms with E-state index in [-0.39, 0.29) is 24.8 Å². The van der Waals surface area contributed by atoms with Gasteiger partial charge in [0.25, 0.3) is 7.82 Å². The number of hydrogen-bond acceptors (Lipinski definition) is 11. The van der Waals surface area contributed by atoms with Crippen LogP contribution in [0.4, 0.5) is 5.82 Å². The number of carbonyl (C=O) groups excluding carboxylic acids is 2. The fourth-order valence-corrected chi connectivity index (χ4v) is 4.57. The minimum atomic E-state index is -4.55. The number of rotatable bonds is 7. The van der Waals surface area contributed by atoms with E-state index < -0.39 is 38.3 Å². The van der Waals surface area contributed by atoms with Gasteiger partial charge in [0, 0.05) is 12.8 Å². The first-order chi connectivity index (χ1) is 15.3. The number of nitrogens with zero attached hydrogens (tertiary/aromatic N) is 4. The van der Waals surface area contributed by atoms with E-state index in [1.807, 2.05) is 13.8 Å². The quantitative estimate of drug-likeness (QED) is 0.456. The molecule has 4 rings (SSSR count). The van der Waals surface area contributed by atoms with Crippen LogP contribution < -0.4 is 10.2 Å². The van der Waals surface area contributed by atoms with Gasteiger partial charge in [0.15, 0.2) is 29.3 Å². The smallest absolute Gasteiger partial charge is 0.306 e. The van der Waals surface area contributed by atoms with E-state index in [1.54, 1.807) is 0 Å². The third-order valence-corrected chi connectivity index (χ3v) is 5.99. The number of phosphoric acid groups is 1. The molecule has 13 nitrogen and oxygen atoms in total. The molecule has 2 saturated heterocycles. The molecule has 2 aromatic heterocycles. The van der Waals surface area contributed by atoms with Crippen molar-refractivity contribution >= 4 is 36.7 Å². The Labute approximate surface area is 183 Å². The Kier molecular flexibility index (Phi) is 6.54. The molecular formula is C18H23N5O8P-. The van der Waals surface area contributed by atoms with Crippen LogP contribution in [0.25, 0.3) is 11.2 Å². The monoisotopic (exact) mass is 468 g/mol. The Morgan fingerprint density at radius 2 is 2.06 bits per heavy atom. The van der Waals surface area contributed by atoms with Crippen molar-refractivity contribution in [2.24, 2.45) is 0 Å². The highest BCUT2D eigenvalue weighted by Gasteiger charge is 2.53. The third kappa shape index (κ3) is 4.52. The van der Waals surface area contributed by atoms with Crippen LogP contribution in [0.2, 0.25) is 0 Å².